The predicted octanol–water partition coefficient (Wildman–Crippen LogP) is 2.07. The van der Waals surface area contributed by atoms with Gasteiger partial charge >= 0.3 is 12.0 Å². The molecular formula is C20H25N3O5. The minimum Gasteiger partial charge on any atom is -0.463 e. The monoisotopic (exact) mass is 387 g/mol. The Balaban J connectivity index is 1.70. The number of carbonyl (C=O) groups is 2. The normalized spacial score (nSPS) is 21.9. The second-order valence-electron chi connectivity index (χ2n) is 7.09. The number of carbonyl (C=O) groups excluding carboxylic acids is 2. The third-order valence-corrected chi connectivity index (χ3v) is 5.21. The number of esters is 1. The van der Waals surface area contributed by atoms with E-state index >= 15 is 0 Å². The van der Waals surface area contributed by atoms with Crippen molar-refractivity contribution in [2.45, 2.75) is 32.2 Å². The van der Waals surface area contributed by atoms with E-state index in [1.165, 1.54) is 6.42 Å². The van der Waals surface area contributed by atoms with Crippen LogP contribution in [0.4, 0.5) is 4.79 Å². The van der Waals surface area contributed by atoms with Crippen molar-refractivity contribution in [2.24, 2.45) is 0 Å². The number of rotatable bonds is 5. The number of hydrogen-bond donors (Lipinski definition) is 2. The Bertz CT molecular complexity index is 801. The van der Waals surface area contributed by atoms with Crippen LogP contribution < -0.4 is 20.1 Å². The molecule has 0 bridgehead atoms. The minimum atomic E-state index is -0.609. The molecule has 0 radical (unpaired) electrons. The highest BCUT2D eigenvalue weighted by molar-refractivity contribution is 5.95. The van der Waals surface area contributed by atoms with Crippen LogP contribution >= 0.6 is 0 Å². The number of nitrogens with one attached hydrogen (secondary N) is 2. The lowest BCUT2D eigenvalue weighted by Gasteiger charge is -2.33. The maximum absolute atomic E-state index is 12.8. The third-order valence-electron chi connectivity index (χ3n) is 5.21. The first-order chi connectivity index (χ1) is 13.7. The van der Waals surface area contributed by atoms with Gasteiger partial charge in [-0.3, -0.25) is 4.90 Å². The van der Waals surface area contributed by atoms with Gasteiger partial charge in [0, 0.05) is 12.2 Å². The molecule has 1 fully saturated rings. The lowest BCUT2D eigenvalue weighted by atomic mass is 9.94. The zero-order valence-corrected chi connectivity index (χ0v) is 16.0. The van der Waals surface area contributed by atoms with E-state index in [4.69, 9.17) is 14.2 Å². The van der Waals surface area contributed by atoms with Crippen molar-refractivity contribution in [3.63, 3.8) is 0 Å². The number of ether oxygens (including phenoxy) is 3. The summed E-state index contributed by atoms with van der Waals surface area (Å²) in [6, 6.07) is 4.49. The van der Waals surface area contributed by atoms with E-state index in [1.807, 2.05) is 6.07 Å². The third kappa shape index (κ3) is 3.77. The van der Waals surface area contributed by atoms with Crippen LogP contribution in [0, 0.1) is 0 Å². The molecule has 8 heteroatoms. The fraction of sp³-hybridized carbons (Fsp3) is 0.500. The number of nitrogens with zero attached hydrogens (tertiary/aromatic N) is 1. The number of hydrogen-bond acceptors (Lipinski definition) is 6. The maximum atomic E-state index is 12.8. The molecule has 1 saturated heterocycles. The molecule has 0 unspecified atom stereocenters. The quantitative estimate of drug-likeness (QED) is 0.752. The molecule has 4 rings (SSSR count). The van der Waals surface area contributed by atoms with Crippen LogP contribution in [0.3, 0.4) is 0 Å². The molecule has 0 aliphatic carbocycles. The molecule has 2 amide bonds. The smallest absolute Gasteiger partial charge is 0.338 e. The molecule has 3 aliphatic rings. The van der Waals surface area contributed by atoms with Crippen molar-refractivity contribution in [3.8, 4) is 11.5 Å². The molecule has 8 nitrogen and oxygen atoms in total. The molecule has 150 valence electrons. The van der Waals surface area contributed by atoms with E-state index in [0.29, 0.717) is 29.3 Å². The lowest BCUT2D eigenvalue weighted by Crippen LogP contribution is -2.49. The zero-order chi connectivity index (χ0) is 19.5. The molecule has 3 heterocycles. The zero-order valence-electron chi connectivity index (χ0n) is 16.0. The van der Waals surface area contributed by atoms with Gasteiger partial charge < -0.3 is 24.8 Å². The Kier molecular flexibility index (Phi) is 5.38. The Morgan fingerprint density at radius 2 is 2.00 bits per heavy atom. The van der Waals surface area contributed by atoms with Gasteiger partial charge in [0.15, 0.2) is 11.5 Å². The average Bonchev–Trinajstić information content (AvgIpc) is 3.16. The summed E-state index contributed by atoms with van der Waals surface area (Å²) >= 11 is 0. The molecule has 0 spiro atoms. The molecule has 28 heavy (non-hydrogen) atoms. The first kappa shape index (κ1) is 18.6. The summed E-state index contributed by atoms with van der Waals surface area (Å²) in [7, 11) is 0. The highest BCUT2D eigenvalue weighted by Crippen LogP contribution is 2.37. The van der Waals surface area contributed by atoms with Gasteiger partial charge in [0.1, 0.15) is 0 Å². The van der Waals surface area contributed by atoms with Gasteiger partial charge in [0.25, 0.3) is 0 Å². The van der Waals surface area contributed by atoms with Gasteiger partial charge in [0.05, 0.1) is 18.2 Å². The molecule has 2 N–H and O–H groups in total. The number of amides is 2. The Morgan fingerprint density at radius 3 is 2.79 bits per heavy atom. The van der Waals surface area contributed by atoms with Gasteiger partial charge in [-0.25, -0.2) is 9.59 Å². The van der Waals surface area contributed by atoms with Gasteiger partial charge in [-0.05, 0) is 50.6 Å². The number of urea groups is 1. The van der Waals surface area contributed by atoms with Crippen LogP contribution in [0.1, 0.15) is 37.8 Å². The maximum Gasteiger partial charge on any atom is 0.338 e. The minimum absolute atomic E-state index is 0.165. The van der Waals surface area contributed by atoms with Gasteiger partial charge in [-0.2, -0.15) is 0 Å². The van der Waals surface area contributed by atoms with Crippen LogP contribution in [0.15, 0.2) is 29.5 Å². The van der Waals surface area contributed by atoms with E-state index < -0.39 is 12.0 Å². The summed E-state index contributed by atoms with van der Waals surface area (Å²) < 4.78 is 16.1. The summed E-state index contributed by atoms with van der Waals surface area (Å²) in [5.41, 5.74) is 1.79. The van der Waals surface area contributed by atoms with Crippen LogP contribution in [-0.4, -0.2) is 49.9 Å². The van der Waals surface area contributed by atoms with Gasteiger partial charge in [-0.15, -0.1) is 0 Å². The molecule has 1 aromatic carbocycles. The highest BCUT2D eigenvalue weighted by Gasteiger charge is 2.35. The second-order valence-corrected chi connectivity index (χ2v) is 7.09. The van der Waals surface area contributed by atoms with E-state index in [-0.39, 0.29) is 19.4 Å². The Hall–Kier alpha value is -2.74. The second kappa shape index (κ2) is 8.10. The van der Waals surface area contributed by atoms with Crippen molar-refractivity contribution >= 4 is 12.0 Å². The molecule has 3 aliphatic heterocycles. The highest BCUT2D eigenvalue weighted by atomic mass is 16.7. The van der Waals surface area contributed by atoms with Crippen molar-refractivity contribution in [1.29, 1.82) is 0 Å². The first-order valence-electron chi connectivity index (χ1n) is 9.75. The van der Waals surface area contributed by atoms with Crippen molar-refractivity contribution in [3.05, 3.63) is 35.0 Å². The van der Waals surface area contributed by atoms with Crippen molar-refractivity contribution in [1.82, 2.24) is 15.5 Å². The van der Waals surface area contributed by atoms with Crippen LogP contribution in [0.2, 0.25) is 0 Å². The lowest BCUT2D eigenvalue weighted by molar-refractivity contribution is -0.139. The molecule has 1 atom stereocenters. The summed E-state index contributed by atoms with van der Waals surface area (Å²) in [5, 5.41) is 5.69. The van der Waals surface area contributed by atoms with Crippen LogP contribution in [0.25, 0.3) is 0 Å². The van der Waals surface area contributed by atoms with E-state index in [1.54, 1.807) is 19.1 Å². The standard InChI is InChI=1S/C20H25N3O5/c1-2-26-19(24)17-14(11-23-8-4-3-5-9-23)21-20(25)22-18(17)13-6-7-15-16(10-13)28-12-27-15/h6-7,10,18H,2-5,8-9,11-12H2,1H3,(H2,21,22,25)/t18-/m1/s1. The van der Waals surface area contributed by atoms with Gasteiger partial charge in [0.2, 0.25) is 6.79 Å². The summed E-state index contributed by atoms with van der Waals surface area (Å²) in [6.07, 6.45) is 3.47. The first-order valence-corrected chi connectivity index (χ1v) is 9.75. The van der Waals surface area contributed by atoms with E-state index in [2.05, 4.69) is 15.5 Å². The van der Waals surface area contributed by atoms with Crippen molar-refractivity contribution < 1.29 is 23.8 Å². The number of likely N-dealkylation sites (tertiary alicyclic amines) is 1. The SMILES string of the molecule is CCOC(=O)C1=C(CN2CCCCC2)NC(=O)N[C@@H]1c1ccc2c(c1)OCO2. The predicted molar refractivity (Wildman–Crippen MR) is 101 cm³/mol. The fourth-order valence-corrected chi connectivity index (χ4v) is 3.88. The number of piperidine rings is 1. The summed E-state index contributed by atoms with van der Waals surface area (Å²) in [4.78, 5) is 27.5. The molecule has 1 aromatic rings. The fourth-order valence-electron chi connectivity index (χ4n) is 3.88. The van der Waals surface area contributed by atoms with Crippen LogP contribution in [0.5, 0.6) is 11.5 Å². The average molecular weight is 387 g/mol. The van der Waals surface area contributed by atoms with Gasteiger partial charge in [-0.1, -0.05) is 12.5 Å². The Morgan fingerprint density at radius 1 is 1.21 bits per heavy atom. The molecular weight excluding hydrogens is 362 g/mol. The van der Waals surface area contributed by atoms with E-state index in [0.717, 1.165) is 31.5 Å². The van der Waals surface area contributed by atoms with E-state index in [9.17, 15) is 9.59 Å². The number of benzene rings is 1. The molecule has 0 aromatic heterocycles. The van der Waals surface area contributed by atoms with Crippen molar-refractivity contribution in [2.75, 3.05) is 33.0 Å². The molecule has 0 saturated carbocycles. The Labute approximate surface area is 163 Å². The topological polar surface area (TPSA) is 89.1 Å². The number of fused-ring (bicyclic) bond motifs is 1. The summed E-state index contributed by atoms with van der Waals surface area (Å²) in [5.74, 6) is 0.829. The summed E-state index contributed by atoms with van der Waals surface area (Å²) in [6.45, 7) is 4.63. The van der Waals surface area contributed by atoms with Crippen LogP contribution in [-0.2, 0) is 9.53 Å². The largest absolute Gasteiger partial charge is 0.463 e.